The van der Waals surface area contributed by atoms with Crippen molar-refractivity contribution in [1.29, 1.82) is 0 Å². The van der Waals surface area contributed by atoms with Gasteiger partial charge in [-0.25, -0.2) is 0 Å². The number of nitrogens with zero attached hydrogens (tertiary/aromatic N) is 3. The van der Waals surface area contributed by atoms with Gasteiger partial charge < -0.3 is 10.2 Å². The summed E-state index contributed by atoms with van der Waals surface area (Å²) in [6, 6.07) is 11.7. The van der Waals surface area contributed by atoms with Crippen molar-refractivity contribution in [2.75, 3.05) is 0 Å². The molecule has 8 heteroatoms. The molecule has 152 valence electrons. The third-order valence-electron chi connectivity index (χ3n) is 5.66. The standard InChI is InChI=1S/C21H22I2N4O2/c1-20(28,12-4-6-16-14(10-12)18(22)25-24-16)8-9-21(2,29)13-5-7-17-15(11-13)19(23)26-27(17)3/h4-7,10-11,28-29H,8-9H2,1-3H3,(H,24,25). The molecule has 3 N–H and O–H groups in total. The van der Waals surface area contributed by atoms with Crippen molar-refractivity contribution in [1.82, 2.24) is 20.0 Å². The summed E-state index contributed by atoms with van der Waals surface area (Å²) in [6.07, 6.45) is 0.838. The number of benzene rings is 2. The van der Waals surface area contributed by atoms with Crippen LogP contribution in [0.5, 0.6) is 0 Å². The van der Waals surface area contributed by atoms with Gasteiger partial charge in [0.2, 0.25) is 0 Å². The van der Waals surface area contributed by atoms with E-state index in [1.54, 1.807) is 13.8 Å². The third kappa shape index (κ3) is 3.91. The first-order chi connectivity index (χ1) is 13.6. The van der Waals surface area contributed by atoms with Crippen LogP contribution < -0.4 is 0 Å². The van der Waals surface area contributed by atoms with E-state index in [4.69, 9.17) is 0 Å². The highest BCUT2D eigenvalue weighted by molar-refractivity contribution is 14.1. The van der Waals surface area contributed by atoms with Crippen LogP contribution >= 0.6 is 45.2 Å². The molecule has 2 unspecified atom stereocenters. The number of aromatic amines is 1. The number of aryl methyl sites for hydroxylation is 1. The van der Waals surface area contributed by atoms with Gasteiger partial charge in [0.25, 0.3) is 0 Å². The highest BCUT2D eigenvalue weighted by Gasteiger charge is 2.31. The van der Waals surface area contributed by atoms with Crippen molar-refractivity contribution in [3.63, 3.8) is 0 Å². The minimum atomic E-state index is -1.06. The Bertz CT molecular complexity index is 1210. The van der Waals surface area contributed by atoms with Gasteiger partial charge in [0.15, 0.2) is 0 Å². The maximum Gasteiger partial charge on any atom is 0.131 e. The molecule has 0 spiro atoms. The average molecular weight is 616 g/mol. The van der Waals surface area contributed by atoms with E-state index in [1.165, 1.54) is 0 Å². The molecule has 0 aliphatic carbocycles. The van der Waals surface area contributed by atoms with Crippen LogP contribution in [0.25, 0.3) is 21.8 Å². The summed E-state index contributed by atoms with van der Waals surface area (Å²) in [7, 11) is 1.91. The molecule has 29 heavy (non-hydrogen) atoms. The highest BCUT2D eigenvalue weighted by atomic mass is 127. The molecule has 2 aromatic heterocycles. The zero-order valence-corrected chi connectivity index (χ0v) is 20.7. The van der Waals surface area contributed by atoms with Gasteiger partial charge in [-0.3, -0.25) is 9.78 Å². The van der Waals surface area contributed by atoms with Gasteiger partial charge in [0.1, 0.15) is 7.40 Å². The number of aromatic nitrogens is 4. The van der Waals surface area contributed by atoms with Crippen molar-refractivity contribution in [3.05, 3.63) is 54.9 Å². The van der Waals surface area contributed by atoms with E-state index in [9.17, 15) is 10.2 Å². The van der Waals surface area contributed by atoms with Gasteiger partial charge >= 0.3 is 0 Å². The monoisotopic (exact) mass is 616 g/mol. The first-order valence-corrected chi connectivity index (χ1v) is 11.5. The summed E-state index contributed by atoms with van der Waals surface area (Å²) in [4.78, 5) is 0. The second-order valence-electron chi connectivity index (χ2n) is 7.96. The molecule has 2 aromatic carbocycles. The molecule has 0 saturated heterocycles. The van der Waals surface area contributed by atoms with E-state index in [0.29, 0.717) is 12.8 Å². The largest absolute Gasteiger partial charge is 0.385 e. The fraction of sp³-hybridized carbons (Fsp3) is 0.333. The van der Waals surface area contributed by atoms with E-state index < -0.39 is 11.2 Å². The molecule has 0 aliphatic rings. The van der Waals surface area contributed by atoms with E-state index in [-0.39, 0.29) is 0 Å². The number of hydrogen-bond acceptors (Lipinski definition) is 4. The normalized spacial score (nSPS) is 16.2. The maximum absolute atomic E-state index is 11.2. The predicted molar refractivity (Wildman–Crippen MR) is 131 cm³/mol. The zero-order valence-electron chi connectivity index (χ0n) is 16.4. The zero-order chi connectivity index (χ0) is 21.0. The van der Waals surface area contributed by atoms with Crippen molar-refractivity contribution in [2.45, 2.75) is 37.9 Å². The molecule has 0 amide bonds. The smallest absolute Gasteiger partial charge is 0.131 e. The molecule has 4 rings (SSSR count). The second-order valence-corrected chi connectivity index (χ2v) is 10.1. The van der Waals surface area contributed by atoms with Crippen LogP contribution in [0.1, 0.15) is 37.8 Å². The van der Waals surface area contributed by atoms with Crippen LogP contribution in [0.15, 0.2) is 36.4 Å². The van der Waals surface area contributed by atoms with Crippen LogP contribution in [-0.4, -0.2) is 30.2 Å². The van der Waals surface area contributed by atoms with Crippen molar-refractivity contribution in [3.8, 4) is 0 Å². The fourth-order valence-corrected chi connectivity index (χ4v) is 4.96. The number of aliphatic hydroxyl groups is 2. The number of nitrogens with one attached hydrogen (secondary N) is 1. The summed E-state index contributed by atoms with van der Waals surface area (Å²) in [5.41, 5.74) is 1.42. The van der Waals surface area contributed by atoms with E-state index in [1.807, 2.05) is 48.1 Å². The molecule has 2 heterocycles. The summed E-state index contributed by atoms with van der Waals surface area (Å²) in [6.45, 7) is 3.60. The minimum Gasteiger partial charge on any atom is -0.385 e. The molecule has 2 atom stereocenters. The average Bonchev–Trinajstić information content (AvgIpc) is 3.19. The third-order valence-corrected chi connectivity index (χ3v) is 7.27. The molecule has 0 radical (unpaired) electrons. The molecular weight excluding hydrogens is 594 g/mol. The molecule has 0 saturated carbocycles. The number of H-pyrrole nitrogens is 1. The lowest BCUT2D eigenvalue weighted by Gasteiger charge is -2.30. The van der Waals surface area contributed by atoms with Crippen molar-refractivity contribution >= 4 is 67.0 Å². The first-order valence-electron chi connectivity index (χ1n) is 9.30. The number of fused-ring (bicyclic) bond motifs is 2. The fourth-order valence-electron chi connectivity index (χ4n) is 3.65. The molecule has 4 aromatic rings. The molecule has 0 fully saturated rings. The van der Waals surface area contributed by atoms with Crippen LogP contribution in [0, 0.1) is 7.40 Å². The Hall–Kier alpha value is -1.24. The lowest BCUT2D eigenvalue weighted by molar-refractivity contribution is -0.00762. The van der Waals surface area contributed by atoms with Gasteiger partial charge in [0, 0.05) is 17.8 Å². The summed E-state index contributed by atoms with van der Waals surface area (Å²) in [5, 5.41) is 36.0. The Morgan fingerprint density at radius 1 is 0.966 bits per heavy atom. The van der Waals surface area contributed by atoms with Crippen LogP contribution in [0.4, 0.5) is 0 Å². The lowest BCUT2D eigenvalue weighted by atomic mass is 9.83. The Kier molecular flexibility index (Phi) is 5.41. The van der Waals surface area contributed by atoms with Gasteiger partial charge in [-0.05, 0) is 107 Å². The van der Waals surface area contributed by atoms with E-state index in [0.717, 1.165) is 40.3 Å². The number of hydrogen-bond donors (Lipinski definition) is 3. The van der Waals surface area contributed by atoms with Crippen molar-refractivity contribution in [2.24, 2.45) is 7.05 Å². The summed E-state index contributed by atoms with van der Waals surface area (Å²) >= 11 is 4.42. The lowest BCUT2D eigenvalue weighted by Crippen LogP contribution is -2.28. The highest BCUT2D eigenvalue weighted by Crippen LogP contribution is 2.36. The number of halogens is 2. The van der Waals surface area contributed by atoms with Gasteiger partial charge in [-0.1, -0.05) is 12.1 Å². The molecule has 6 nitrogen and oxygen atoms in total. The SMILES string of the molecule is Cn1nc(I)c2cc(C(C)(O)CCC(C)(O)c3ccc4n[nH]c(I)c4c3)ccc21. The quantitative estimate of drug-likeness (QED) is 0.288. The Labute approximate surface area is 196 Å². The van der Waals surface area contributed by atoms with Gasteiger partial charge in [0.05, 0.1) is 22.2 Å². The molecule has 0 aliphatic heterocycles. The van der Waals surface area contributed by atoms with Crippen LogP contribution in [0.3, 0.4) is 0 Å². The van der Waals surface area contributed by atoms with Crippen LogP contribution in [-0.2, 0) is 18.2 Å². The summed E-state index contributed by atoms with van der Waals surface area (Å²) in [5.74, 6) is 0. The Morgan fingerprint density at radius 3 is 2.21 bits per heavy atom. The number of rotatable bonds is 5. The summed E-state index contributed by atoms with van der Waals surface area (Å²) < 4.78 is 3.70. The first kappa shape index (κ1) is 21.0. The molecular formula is C21H22I2N4O2. The Morgan fingerprint density at radius 2 is 1.55 bits per heavy atom. The van der Waals surface area contributed by atoms with Gasteiger partial charge in [-0.15, -0.1) is 0 Å². The van der Waals surface area contributed by atoms with Crippen LogP contribution in [0.2, 0.25) is 0 Å². The minimum absolute atomic E-state index is 0.419. The van der Waals surface area contributed by atoms with Gasteiger partial charge in [-0.2, -0.15) is 10.2 Å². The second kappa shape index (κ2) is 7.47. The maximum atomic E-state index is 11.2. The van der Waals surface area contributed by atoms with Crippen molar-refractivity contribution < 1.29 is 10.2 Å². The Balaban J connectivity index is 1.58. The molecule has 0 bridgehead atoms. The topological polar surface area (TPSA) is 87.0 Å². The van der Waals surface area contributed by atoms with E-state index in [2.05, 4.69) is 60.5 Å². The predicted octanol–water partition coefficient (Wildman–Crippen LogP) is 4.55. The van der Waals surface area contributed by atoms with E-state index >= 15 is 0 Å².